The minimum absolute atomic E-state index is 0.667. The van der Waals surface area contributed by atoms with Crippen molar-refractivity contribution in [1.82, 2.24) is 4.90 Å². The summed E-state index contributed by atoms with van der Waals surface area (Å²) in [5.41, 5.74) is 1.30. The third-order valence-corrected chi connectivity index (χ3v) is 4.05. The fourth-order valence-corrected chi connectivity index (χ4v) is 3.48. The first kappa shape index (κ1) is 14.7. The van der Waals surface area contributed by atoms with Crippen molar-refractivity contribution in [2.24, 2.45) is 0 Å². The lowest BCUT2D eigenvalue weighted by Gasteiger charge is -2.14. The van der Waals surface area contributed by atoms with Gasteiger partial charge in [0.2, 0.25) is 0 Å². The SMILES string of the molecule is CN(C)Cc1ccccc1Sc1cc(Cl)cc(Cl)c1. The van der Waals surface area contributed by atoms with Gasteiger partial charge < -0.3 is 4.90 Å². The summed E-state index contributed by atoms with van der Waals surface area (Å²) in [7, 11) is 4.13. The smallest absolute Gasteiger partial charge is 0.0432 e. The van der Waals surface area contributed by atoms with E-state index in [1.54, 1.807) is 17.8 Å². The molecule has 100 valence electrons. The molecule has 2 aromatic rings. The number of halogens is 2. The molecule has 2 aromatic carbocycles. The minimum atomic E-state index is 0.667. The number of hydrogen-bond acceptors (Lipinski definition) is 2. The predicted molar refractivity (Wildman–Crippen MR) is 84.4 cm³/mol. The van der Waals surface area contributed by atoms with Crippen LogP contribution in [0.3, 0.4) is 0 Å². The Morgan fingerprint density at radius 2 is 1.63 bits per heavy atom. The number of nitrogens with zero attached hydrogens (tertiary/aromatic N) is 1. The van der Waals surface area contributed by atoms with Gasteiger partial charge in [0, 0.05) is 26.4 Å². The molecule has 0 fully saturated rings. The Hall–Kier alpha value is -0.670. The van der Waals surface area contributed by atoms with E-state index in [0.717, 1.165) is 11.4 Å². The van der Waals surface area contributed by atoms with E-state index in [4.69, 9.17) is 23.2 Å². The van der Waals surface area contributed by atoms with Crippen molar-refractivity contribution in [2.45, 2.75) is 16.3 Å². The summed E-state index contributed by atoms with van der Waals surface area (Å²) < 4.78 is 0. The van der Waals surface area contributed by atoms with Crippen LogP contribution in [0.4, 0.5) is 0 Å². The second kappa shape index (κ2) is 6.67. The Morgan fingerprint density at radius 1 is 1.00 bits per heavy atom. The lowest BCUT2D eigenvalue weighted by atomic mass is 10.2. The first-order valence-electron chi connectivity index (χ1n) is 5.91. The molecule has 19 heavy (non-hydrogen) atoms. The standard InChI is InChI=1S/C15H15Cl2NS/c1-18(2)10-11-5-3-4-6-15(11)19-14-8-12(16)7-13(17)9-14/h3-9H,10H2,1-2H3. The van der Waals surface area contributed by atoms with E-state index in [9.17, 15) is 0 Å². The van der Waals surface area contributed by atoms with Crippen molar-refractivity contribution in [3.8, 4) is 0 Å². The predicted octanol–water partition coefficient (Wildman–Crippen LogP) is 5.21. The molecule has 0 bridgehead atoms. The minimum Gasteiger partial charge on any atom is -0.305 e. The molecular formula is C15H15Cl2NS. The molecule has 0 spiro atoms. The third kappa shape index (κ3) is 4.43. The van der Waals surface area contributed by atoms with Crippen molar-refractivity contribution < 1.29 is 0 Å². The lowest BCUT2D eigenvalue weighted by Crippen LogP contribution is -2.11. The number of benzene rings is 2. The van der Waals surface area contributed by atoms with Gasteiger partial charge in [-0.2, -0.15) is 0 Å². The zero-order chi connectivity index (χ0) is 13.8. The number of hydrogen-bond donors (Lipinski definition) is 0. The molecule has 0 N–H and O–H groups in total. The highest BCUT2D eigenvalue weighted by molar-refractivity contribution is 7.99. The second-order valence-corrected chi connectivity index (χ2v) is 6.54. The summed E-state index contributed by atoms with van der Waals surface area (Å²) in [4.78, 5) is 4.45. The van der Waals surface area contributed by atoms with Crippen LogP contribution in [0.2, 0.25) is 10.0 Å². The molecule has 1 nitrogen and oxygen atoms in total. The fourth-order valence-electron chi connectivity index (χ4n) is 1.79. The van der Waals surface area contributed by atoms with E-state index < -0.39 is 0 Å². The molecule has 0 aliphatic rings. The topological polar surface area (TPSA) is 3.24 Å². The first-order valence-corrected chi connectivity index (χ1v) is 7.48. The largest absolute Gasteiger partial charge is 0.305 e. The van der Waals surface area contributed by atoms with Gasteiger partial charge in [0.25, 0.3) is 0 Å². The van der Waals surface area contributed by atoms with Crippen LogP contribution in [0.1, 0.15) is 5.56 Å². The Balaban J connectivity index is 2.27. The van der Waals surface area contributed by atoms with Gasteiger partial charge in [-0.3, -0.25) is 0 Å². The monoisotopic (exact) mass is 311 g/mol. The Kier molecular flexibility index (Phi) is 5.17. The summed E-state index contributed by atoms with van der Waals surface area (Å²) >= 11 is 13.8. The second-order valence-electron chi connectivity index (χ2n) is 4.55. The molecule has 2 rings (SSSR count). The third-order valence-electron chi connectivity index (χ3n) is 2.52. The van der Waals surface area contributed by atoms with Gasteiger partial charge in [-0.25, -0.2) is 0 Å². The highest BCUT2D eigenvalue weighted by Crippen LogP contribution is 2.34. The molecule has 0 aromatic heterocycles. The molecule has 0 unspecified atom stereocenters. The van der Waals surface area contributed by atoms with Crippen molar-refractivity contribution in [2.75, 3.05) is 14.1 Å². The van der Waals surface area contributed by atoms with Crippen LogP contribution < -0.4 is 0 Å². The van der Waals surface area contributed by atoms with Crippen molar-refractivity contribution in [3.63, 3.8) is 0 Å². The van der Waals surface area contributed by atoms with Gasteiger partial charge in [0.15, 0.2) is 0 Å². The normalized spacial score (nSPS) is 11.0. The summed E-state index contributed by atoms with van der Waals surface area (Å²) in [6.45, 7) is 0.914. The average Bonchev–Trinajstić information content (AvgIpc) is 2.29. The van der Waals surface area contributed by atoms with E-state index in [1.165, 1.54) is 10.5 Å². The Bertz CT molecular complexity index is 550. The Labute approximate surface area is 128 Å². The van der Waals surface area contributed by atoms with Crippen LogP contribution in [0.15, 0.2) is 52.3 Å². The maximum atomic E-state index is 6.03. The molecule has 0 saturated heterocycles. The van der Waals surface area contributed by atoms with Gasteiger partial charge in [0.05, 0.1) is 0 Å². The van der Waals surface area contributed by atoms with Crippen molar-refractivity contribution in [1.29, 1.82) is 0 Å². The van der Waals surface area contributed by atoms with E-state index in [0.29, 0.717) is 10.0 Å². The average molecular weight is 312 g/mol. The summed E-state index contributed by atoms with van der Waals surface area (Å²) in [6, 6.07) is 14.0. The van der Waals surface area contributed by atoms with Crippen LogP contribution >= 0.6 is 35.0 Å². The van der Waals surface area contributed by atoms with Crippen LogP contribution in [0.25, 0.3) is 0 Å². The van der Waals surface area contributed by atoms with Gasteiger partial charge >= 0.3 is 0 Å². The van der Waals surface area contributed by atoms with Gasteiger partial charge in [0.1, 0.15) is 0 Å². The number of rotatable bonds is 4. The molecular weight excluding hydrogens is 297 g/mol. The Morgan fingerprint density at radius 3 is 2.26 bits per heavy atom. The van der Waals surface area contributed by atoms with Gasteiger partial charge in [-0.05, 0) is 43.9 Å². The molecule has 0 aliphatic carbocycles. The van der Waals surface area contributed by atoms with Gasteiger partial charge in [-0.15, -0.1) is 0 Å². The molecule has 4 heteroatoms. The summed E-state index contributed by atoms with van der Waals surface area (Å²) in [5, 5.41) is 1.33. The van der Waals surface area contributed by atoms with Crippen LogP contribution in [-0.4, -0.2) is 19.0 Å². The zero-order valence-corrected chi connectivity index (χ0v) is 13.2. The van der Waals surface area contributed by atoms with E-state index in [1.807, 2.05) is 18.2 Å². The summed E-state index contributed by atoms with van der Waals surface area (Å²) in [6.07, 6.45) is 0. The molecule has 0 heterocycles. The van der Waals surface area contributed by atoms with Crippen LogP contribution in [-0.2, 0) is 6.54 Å². The molecule has 0 aliphatic heterocycles. The molecule has 0 amide bonds. The highest BCUT2D eigenvalue weighted by atomic mass is 35.5. The van der Waals surface area contributed by atoms with E-state index >= 15 is 0 Å². The highest BCUT2D eigenvalue weighted by Gasteiger charge is 2.06. The molecule has 0 saturated carbocycles. The maximum absolute atomic E-state index is 6.03. The van der Waals surface area contributed by atoms with Crippen molar-refractivity contribution in [3.05, 3.63) is 58.1 Å². The quantitative estimate of drug-likeness (QED) is 0.763. The zero-order valence-electron chi connectivity index (χ0n) is 10.9. The maximum Gasteiger partial charge on any atom is 0.0432 e. The van der Waals surface area contributed by atoms with E-state index in [-0.39, 0.29) is 0 Å². The summed E-state index contributed by atoms with van der Waals surface area (Å²) in [5.74, 6) is 0. The van der Waals surface area contributed by atoms with Crippen molar-refractivity contribution >= 4 is 35.0 Å². The first-order chi connectivity index (χ1) is 9.04. The van der Waals surface area contributed by atoms with Crippen LogP contribution in [0.5, 0.6) is 0 Å². The molecule has 0 atom stereocenters. The van der Waals surface area contributed by atoms with E-state index in [2.05, 4.69) is 37.2 Å². The fraction of sp³-hybridized carbons (Fsp3) is 0.200. The lowest BCUT2D eigenvalue weighted by molar-refractivity contribution is 0.399. The van der Waals surface area contributed by atoms with Crippen LogP contribution in [0, 0.1) is 0 Å². The van der Waals surface area contributed by atoms with Gasteiger partial charge in [-0.1, -0.05) is 53.2 Å². The molecule has 0 radical (unpaired) electrons.